The Labute approximate surface area is 137 Å². The largest absolute Gasteiger partial charge is 0.467 e. The lowest BCUT2D eigenvalue weighted by Crippen LogP contribution is -2.34. The molecule has 0 bridgehead atoms. The quantitative estimate of drug-likeness (QED) is 0.849. The van der Waals surface area contributed by atoms with Crippen molar-refractivity contribution in [1.29, 1.82) is 0 Å². The first-order valence-corrected chi connectivity index (χ1v) is 7.51. The first kappa shape index (κ1) is 16.2. The average Bonchev–Trinajstić information content (AvgIpc) is 2.52. The molecular weight excluding hydrogens is 346 g/mol. The van der Waals surface area contributed by atoms with Crippen molar-refractivity contribution in [2.75, 3.05) is 7.11 Å². The lowest BCUT2D eigenvalue weighted by molar-refractivity contribution is -0.143. The van der Waals surface area contributed by atoms with E-state index in [1.807, 2.05) is 25.1 Å². The molecule has 114 valence electrons. The number of benzene rings is 2. The van der Waals surface area contributed by atoms with Crippen LogP contribution in [-0.4, -0.2) is 19.0 Å². The van der Waals surface area contributed by atoms with Gasteiger partial charge in [0.2, 0.25) is 0 Å². The number of halogens is 1. The molecule has 0 radical (unpaired) electrons. The van der Waals surface area contributed by atoms with E-state index in [0.29, 0.717) is 11.1 Å². The van der Waals surface area contributed by atoms with Crippen molar-refractivity contribution in [3.8, 4) is 0 Å². The topological polar surface area (TPSA) is 55.4 Å². The van der Waals surface area contributed by atoms with E-state index in [1.165, 1.54) is 7.11 Å². The predicted molar refractivity (Wildman–Crippen MR) is 87.5 cm³/mol. The highest BCUT2D eigenvalue weighted by Gasteiger charge is 2.24. The van der Waals surface area contributed by atoms with Crippen molar-refractivity contribution < 1.29 is 14.3 Å². The van der Waals surface area contributed by atoms with Gasteiger partial charge in [0.15, 0.2) is 6.04 Å². The maximum atomic E-state index is 12.3. The number of methoxy groups -OCH3 is 1. The molecule has 0 aromatic heterocycles. The van der Waals surface area contributed by atoms with Crippen molar-refractivity contribution >= 4 is 27.8 Å². The lowest BCUT2D eigenvalue weighted by atomic mass is 10.0. The van der Waals surface area contributed by atoms with Crippen molar-refractivity contribution in [1.82, 2.24) is 5.32 Å². The van der Waals surface area contributed by atoms with Crippen LogP contribution in [-0.2, 0) is 9.53 Å². The van der Waals surface area contributed by atoms with Gasteiger partial charge in [-0.1, -0.05) is 51.8 Å². The number of esters is 1. The second-order valence-electron chi connectivity index (χ2n) is 4.85. The van der Waals surface area contributed by atoms with Crippen LogP contribution >= 0.6 is 15.9 Å². The number of nitrogens with one attached hydrogen (secondary N) is 1. The van der Waals surface area contributed by atoms with Crippen LogP contribution in [0.2, 0.25) is 0 Å². The third-order valence-corrected chi connectivity index (χ3v) is 3.70. The molecule has 0 saturated carbocycles. The Kier molecular flexibility index (Phi) is 5.33. The molecule has 1 amide bonds. The fourth-order valence-electron chi connectivity index (χ4n) is 2.00. The summed E-state index contributed by atoms with van der Waals surface area (Å²) in [6.07, 6.45) is 0. The van der Waals surface area contributed by atoms with E-state index in [2.05, 4.69) is 21.2 Å². The lowest BCUT2D eigenvalue weighted by Gasteiger charge is -2.17. The molecule has 0 aliphatic rings. The van der Waals surface area contributed by atoms with Gasteiger partial charge in [-0.3, -0.25) is 4.79 Å². The molecule has 0 spiro atoms. The molecule has 0 fully saturated rings. The minimum atomic E-state index is -0.836. The Bertz CT molecular complexity index is 683. The summed E-state index contributed by atoms with van der Waals surface area (Å²) in [5.74, 6) is -0.843. The number of carbonyl (C=O) groups is 2. The zero-order chi connectivity index (χ0) is 16.1. The number of hydrogen-bond donors (Lipinski definition) is 1. The van der Waals surface area contributed by atoms with Crippen LogP contribution in [0.3, 0.4) is 0 Å². The molecule has 22 heavy (non-hydrogen) atoms. The molecule has 1 N–H and O–H groups in total. The molecule has 0 aliphatic carbocycles. The molecule has 0 heterocycles. The van der Waals surface area contributed by atoms with E-state index in [0.717, 1.165) is 10.0 Å². The minimum Gasteiger partial charge on any atom is -0.467 e. The summed E-state index contributed by atoms with van der Waals surface area (Å²) >= 11 is 3.32. The summed E-state index contributed by atoms with van der Waals surface area (Å²) in [7, 11) is 1.30. The monoisotopic (exact) mass is 361 g/mol. The summed E-state index contributed by atoms with van der Waals surface area (Å²) in [6, 6.07) is 13.5. The van der Waals surface area contributed by atoms with Gasteiger partial charge >= 0.3 is 5.97 Å². The van der Waals surface area contributed by atoms with Crippen LogP contribution < -0.4 is 5.32 Å². The van der Waals surface area contributed by atoms with Gasteiger partial charge in [-0.05, 0) is 30.7 Å². The van der Waals surface area contributed by atoms with Crippen molar-refractivity contribution in [3.63, 3.8) is 0 Å². The van der Waals surface area contributed by atoms with Crippen LogP contribution in [0.15, 0.2) is 53.0 Å². The summed E-state index contributed by atoms with van der Waals surface area (Å²) in [5, 5.41) is 2.71. The Balaban J connectivity index is 2.25. The first-order chi connectivity index (χ1) is 10.5. The molecule has 0 unspecified atom stereocenters. The van der Waals surface area contributed by atoms with E-state index in [4.69, 9.17) is 4.74 Å². The second kappa shape index (κ2) is 7.22. The first-order valence-electron chi connectivity index (χ1n) is 6.72. The van der Waals surface area contributed by atoms with Gasteiger partial charge in [0.1, 0.15) is 0 Å². The highest BCUT2D eigenvalue weighted by molar-refractivity contribution is 9.10. The Morgan fingerprint density at radius 1 is 1.14 bits per heavy atom. The van der Waals surface area contributed by atoms with Crippen molar-refractivity contribution in [3.05, 3.63) is 69.7 Å². The number of amides is 1. The molecule has 2 aromatic rings. The van der Waals surface area contributed by atoms with Crippen molar-refractivity contribution in [2.45, 2.75) is 13.0 Å². The zero-order valence-corrected chi connectivity index (χ0v) is 13.9. The van der Waals surface area contributed by atoms with Gasteiger partial charge in [-0.15, -0.1) is 0 Å². The SMILES string of the molecule is COC(=O)[C@H](NC(=O)c1cccc(Br)c1)c1ccc(C)cc1. The van der Waals surface area contributed by atoms with Crippen LogP contribution in [0.5, 0.6) is 0 Å². The molecular formula is C17H16BrNO3. The van der Waals surface area contributed by atoms with Crippen LogP contribution in [0.1, 0.15) is 27.5 Å². The number of rotatable bonds is 4. The maximum absolute atomic E-state index is 12.3. The zero-order valence-electron chi connectivity index (χ0n) is 12.3. The highest BCUT2D eigenvalue weighted by atomic mass is 79.9. The Morgan fingerprint density at radius 2 is 1.82 bits per heavy atom. The highest BCUT2D eigenvalue weighted by Crippen LogP contribution is 2.17. The fourth-order valence-corrected chi connectivity index (χ4v) is 2.40. The van der Waals surface area contributed by atoms with Gasteiger partial charge in [0.05, 0.1) is 7.11 Å². The number of ether oxygens (including phenoxy) is 1. The standard InChI is InChI=1S/C17H16BrNO3/c1-11-6-8-12(9-7-11)15(17(21)22-2)19-16(20)13-4-3-5-14(18)10-13/h3-10,15H,1-2H3,(H,19,20)/t15-/m1/s1. The molecule has 2 aromatic carbocycles. The number of hydrogen-bond acceptors (Lipinski definition) is 3. The van der Waals surface area contributed by atoms with Crippen molar-refractivity contribution in [2.24, 2.45) is 0 Å². The van der Waals surface area contributed by atoms with E-state index in [-0.39, 0.29) is 5.91 Å². The summed E-state index contributed by atoms with van der Waals surface area (Å²) < 4.78 is 5.59. The van der Waals surface area contributed by atoms with E-state index >= 15 is 0 Å². The third-order valence-electron chi connectivity index (χ3n) is 3.21. The number of aryl methyl sites for hydroxylation is 1. The van der Waals surface area contributed by atoms with Gasteiger partial charge < -0.3 is 10.1 Å². The number of carbonyl (C=O) groups excluding carboxylic acids is 2. The molecule has 2 rings (SSSR count). The van der Waals surface area contributed by atoms with E-state index in [9.17, 15) is 9.59 Å². The maximum Gasteiger partial charge on any atom is 0.333 e. The average molecular weight is 362 g/mol. The molecule has 1 atom stereocenters. The third kappa shape index (κ3) is 3.95. The van der Waals surface area contributed by atoms with E-state index < -0.39 is 12.0 Å². The summed E-state index contributed by atoms with van der Waals surface area (Å²) in [6.45, 7) is 1.96. The summed E-state index contributed by atoms with van der Waals surface area (Å²) in [5.41, 5.74) is 2.22. The second-order valence-corrected chi connectivity index (χ2v) is 5.77. The smallest absolute Gasteiger partial charge is 0.333 e. The van der Waals surface area contributed by atoms with Gasteiger partial charge in [0.25, 0.3) is 5.91 Å². The van der Waals surface area contributed by atoms with Crippen LogP contribution in [0, 0.1) is 6.92 Å². The Hall–Kier alpha value is -2.14. The predicted octanol–water partition coefficient (Wildman–Crippen LogP) is 3.40. The normalized spacial score (nSPS) is 11.6. The molecule has 5 heteroatoms. The molecule has 0 saturated heterocycles. The van der Waals surface area contributed by atoms with Gasteiger partial charge in [0, 0.05) is 10.0 Å². The van der Waals surface area contributed by atoms with Crippen LogP contribution in [0.25, 0.3) is 0 Å². The van der Waals surface area contributed by atoms with Crippen LogP contribution in [0.4, 0.5) is 0 Å². The van der Waals surface area contributed by atoms with E-state index in [1.54, 1.807) is 30.3 Å². The Morgan fingerprint density at radius 3 is 2.41 bits per heavy atom. The molecule has 4 nitrogen and oxygen atoms in total. The minimum absolute atomic E-state index is 0.336. The fraction of sp³-hybridized carbons (Fsp3) is 0.176. The van der Waals surface area contributed by atoms with Gasteiger partial charge in [-0.2, -0.15) is 0 Å². The molecule has 0 aliphatic heterocycles. The summed E-state index contributed by atoms with van der Waals surface area (Å²) in [4.78, 5) is 24.3. The van der Waals surface area contributed by atoms with Gasteiger partial charge in [-0.25, -0.2) is 4.79 Å².